The van der Waals surface area contributed by atoms with Crippen LogP contribution in [0.1, 0.15) is 37.8 Å². The van der Waals surface area contributed by atoms with Crippen LogP contribution in [-0.2, 0) is 11.3 Å². The fraction of sp³-hybridized carbons (Fsp3) is 0.733. The molecule has 5 nitrogen and oxygen atoms in total. The molecule has 0 amide bonds. The number of hydrogen-bond donors (Lipinski definition) is 2. The number of guanidine groups is 1. The summed E-state index contributed by atoms with van der Waals surface area (Å²) in [5, 5.41) is 6.65. The van der Waals surface area contributed by atoms with Gasteiger partial charge < -0.3 is 15.4 Å². The van der Waals surface area contributed by atoms with Crippen LogP contribution in [0.25, 0.3) is 0 Å². The Morgan fingerprint density at radius 1 is 1.41 bits per heavy atom. The summed E-state index contributed by atoms with van der Waals surface area (Å²) in [6.07, 6.45) is 1.27. The maximum atomic E-state index is 5.75. The number of hydrogen-bond acceptors (Lipinski definition) is 4. The Kier molecular flexibility index (Phi) is 11.8. The Hall–Kier alpha value is -0.410. The van der Waals surface area contributed by atoms with E-state index >= 15 is 0 Å². The first-order chi connectivity index (χ1) is 10.1. The maximum absolute atomic E-state index is 5.75. The Labute approximate surface area is 155 Å². The standard InChI is InChI=1S/C15H28N4OS.HI/c1-6-20-13(11(2)3)7-8-17-15(16-5)18-9-14-12(4)19-10-21-14;/h10-11,13H,6-9H2,1-5H3,(H2,16,17,18);1H. The van der Waals surface area contributed by atoms with E-state index in [1.165, 1.54) is 4.88 Å². The van der Waals surface area contributed by atoms with Crippen LogP contribution in [0.3, 0.4) is 0 Å². The SMILES string of the molecule is CCOC(CCNC(=NC)NCc1scnc1C)C(C)C.I. The molecular weight excluding hydrogens is 411 g/mol. The molecule has 0 aromatic carbocycles. The first kappa shape index (κ1) is 21.6. The molecule has 1 rings (SSSR count). The van der Waals surface area contributed by atoms with Crippen molar-refractivity contribution in [1.82, 2.24) is 15.6 Å². The second-order valence-corrected chi connectivity index (χ2v) is 6.18. The lowest BCUT2D eigenvalue weighted by Crippen LogP contribution is -2.38. The third-order valence-electron chi connectivity index (χ3n) is 3.33. The highest BCUT2D eigenvalue weighted by molar-refractivity contribution is 14.0. The Bertz CT molecular complexity index is 437. The van der Waals surface area contributed by atoms with Gasteiger partial charge >= 0.3 is 0 Å². The molecule has 7 heteroatoms. The van der Waals surface area contributed by atoms with Gasteiger partial charge in [0.15, 0.2) is 5.96 Å². The number of aryl methyl sites for hydroxylation is 1. The second-order valence-electron chi connectivity index (χ2n) is 5.24. The van der Waals surface area contributed by atoms with Gasteiger partial charge in [-0.15, -0.1) is 35.3 Å². The van der Waals surface area contributed by atoms with Gasteiger partial charge in [0.2, 0.25) is 0 Å². The van der Waals surface area contributed by atoms with E-state index in [1.807, 2.05) is 19.4 Å². The van der Waals surface area contributed by atoms with Gasteiger partial charge in [0.1, 0.15) is 0 Å². The van der Waals surface area contributed by atoms with Crippen LogP contribution < -0.4 is 10.6 Å². The number of nitrogens with one attached hydrogen (secondary N) is 2. The van der Waals surface area contributed by atoms with Crippen molar-refractivity contribution in [2.75, 3.05) is 20.2 Å². The number of aromatic nitrogens is 1. The van der Waals surface area contributed by atoms with Crippen molar-refractivity contribution in [3.05, 3.63) is 16.1 Å². The van der Waals surface area contributed by atoms with Crippen LogP contribution in [0.2, 0.25) is 0 Å². The van der Waals surface area contributed by atoms with Crippen molar-refractivity contribution in [1.29, 1.82) is 0 Å². The van der Waals surface area contributed by atoms with Gasteiger partial charge in [-0.25, -0.2) is 4.98 Å². The lowest BCUT2D eigenvalue weighted by molar-refractivity contribution is 0.0258. The molecule has 1 unspecified atom stereocenters. The molecule has 0 aliphatic rings. The average Bonchev–Trinajstić information content (AvgIpc) is 2.86. The van der Waals surface area contributed by atoms with E-state index in [9.17, 15) is 0 Å². The number of ether oxygens (including phenoxy) is 1. The predicted octanol–water partition coefficient (Wildman–Crippen LogP) is 3.19. The Balaban J connectivity index is 0.00000441. The van der Waals surface area contributed by atoms with Crippen LogP contribution in [0, 0.1) is 12.8 Å². The minimum Gasteiger partial charge on any atom is -0.378 e. The smallest absolute Gasteiger partial charge is 0.191 e. The molecule has 0 bridgehead atoms. The summed E-state index contributed by atoms with van der Waals surface area (Å²) in [5.41, 5.74) is 2.96. The maximum Gasteiger partial charge on any atom is 0.191 e. The summed E-state index contributed by atoms with van der Waals surface area (Å²) in [6.45, 7) is 10.8. The molecule has 0 radical (unpaired) electrons. The molecule has 0 saturated carbocycles. The van der Waals surface area contributed by atoms with Crippen LogP contribution in [-0.4, -0.2) is 37.2 Å². The molecule has 1 atom stereocenters. The summed E-state index contributed by atoms with van der Waals surface area (Å²) in [5.74, 6) is 1.35. The number of aliphatic imine (C=N–C) groups is 1. The van der Waals surface area contributed by atoms with Crippen LogP contribution in [0.4, 0.5) is 0 Å². The number of thiazole rings is 1. The molecule has 0 aliphatic heterocycles. The van der Waals surface area contributed by atoms with Crippen molar-refractivity contribution in [3.63, 3.8) is 0 Å². The molecular formula is C15H29IN4OS. The summed E-state index contributed by atoms with van der Waals surface area (Å²) >= 11 is 1.66. The third-order valence-corrected chi connectivity index (χ3v) is 4.27. The van der Waals surface area contributed by atoms with E-state index < -0.39 is 0 Å². The van der Waals surface area contributed by atoms with Gasteiger partial charge in [-0.2, -0.15) is 0 Å². The Morgan fingerprint density at radius 2 is 2.14 bits per heavy atom. The van der Waals surface area contributed by atoms with E-state index in [-0.39, 0.29) is 24.0 Å². The number of halogens is 1. The fourth-order valence-corrected chi connectivity index (χ4v) is 2.75. The highest BCUT2D eigenvalue weighted by Crippen LogP contribution is 2.11. The predicted molar refractivity (Wildman–Crippen MR) is 105 cm³/mol. The van der Waals surface area contributed by atoms with Gasteiger partial charge in [-0.3, -0.25) is 4.99 Å². The first-order valence-electron chi connectivity index (χ1n) is 7.53. The summed E-state index contributed by atoms with van der Waals surface area (Å²) in [6, 6.07) is 0. The lowest BCUT2D eigenvalue weighted by Gasteiger charge is -2.21. The van der Waals surface area contributed by atoms with Crippen LogP contribution >= 0.6 is 35.3 Å². The highest BCUT2D eigenvalue weighted by Gasteiger charge is 2.13. The monoisotopic (exact) mass is 440 g/mol. The summed E-state index contributed by atoms with van der Waals surface area (Å²) in [4.78, 5) is 9.73. The quantitative estimate of drug-likeness (QED) is 0.371. The number of nitrogens with zero attached hydrogens (tertiary/aromatic N) is 2. The molecule has 2 N–H and O–H groups in total. The normalized spacial score (nSPS) is 12.9. The molecule has 0 spiro atoms. The molecule has 1 aromatic heterocycles. The summed E-state index contributed by atoms with van der Waals surface area (Å²) < 4.78 is 5.75. The van der Waals surface area contributed by atoms with Crippen LogP contribution in [0.5, 0.6) is 0 Å². The average molecular weight is 440 g/mol. The fourth-order valence-electron chi connectivity index (χ4n) is 2.04. The molecule has 1 heterocycles. The molecule has 0 aliphatic carbocycles. The molecule has 0 fully saturated rings. The van der Waals surface area contributed by atoms with Crippen molar-refractivity contribution in [2.24, 2.45) is 10.9 Å². The van der Waals surface area contributed by atoms with E-state index in [4.69, 9.17) is 4.74 Å². The van der Waals surface area contributed by atoms with Gasteiger partial charge in [0.05, 0.1) is 23.9 Å². The van der Waals surface area contributed by atoms with Crippen molar-refractivity contribution < 1.29 is 4.74 Å². The first-order valence-corrected chi connectivity index (χ1v) is 8.41. The summed E-state index contributed by atoms with van der Waals surface area (Å²) in [7, 11) is 1.79. The molecule has 1 aromatic rings. The molecule has 22 heavy (non-hydrogen) atoms. The third kappa shape index (κ3) is 7.73. The minimum absolute atomic E-state index is 0. The van der Waals surface area contributed by atoms with Gasteiger partial charge in [0.25, 0.3) is 0 Å². The van der Waals surface area contributed by atoms with E-state index in [0.29, 0.717) is 12.0 Å². The van der Waals surface area contributed by atoms with Gasteiger partial charge in [-0.05, 0) is 26.2 Å². The minimum atomic E-state index is 0. The van der Waals surface area contributed by atoms with Gasteiger partial charge in [-0.1, -0.05) is 13.8 Å². The number of rotatable bonds is 8. The lowest BCUT2D eigenvalue weighted by atomic mass is 10.0. The van der Waals surface area contributed by atoms with E-state index in [0.717, 1.165) is 37.8 Å². The van der Waals surface area contributed by atoms with Crippen molar-refractivity contribution in [3.8, 4) is 0 Å². The van der Waals surface area contributed by atoms with Crippen molar-refractivity contribution in [2.45, 2.75) is 46.8 Å². The van der Waals surface area contributed by atoms with E-state index in [1.54, 1.807) is 18.4 Å². The topological polar surface area (TPSA) is 58.5 Å². The van der Waals surface area contributed by atoms with Crippen LogP contribution in [0.15, 0.2) is 10.5 Å². The van der Waals surface area contributed by atoms with Gasteiger partial charge in [0, 0.05) is 25.1 Å². The highest BCUT2D eigenvalue weighted by atomic mass is 127. The molecule has 0 saturated heterocycles. The largest absolute Gasteiger partial charge is 0.378 e. The zero-order chi connectivity index (χ0) is 15.7. The second kappa shape index (κ2) is 12.1. The molecule has 128 valence electrons. The zero-order valence-corrected chi connectivity index (χ0v) is 17.3. The Morgan fingerprint density at radius 3 is 2.64 bits per heavy atom. The van der Waals surface area contributed by atoms with Crippen molar-refractivity contribution >= 4 is 41.3 Å². The van der Waals surface area contributed by atoms with E-state index in [2.05, 4.69) is 34.5 Å². The zero-order valence-electron chi connectivity index (χ0n) is 14.2.